The predicted octanol–water partition coefficient (Wildman–Crippen LogP) is 1.93. The van der Waals surface area contributed by atoms with Crippen LogP contribution < -0.4 is 5.32 Å². The van der Waals surface area contributed by atoms with Crippen molar-refractivity contribution in [1.29, 1.82) is 10.5 Å². The molecular weight excluding hydrogens is 224 g/mol. The fraction of sp³-hybridized carbons (Fsp3) is 0.429. The summed E-state index contributed by atoms with van der Waals surface area (Å²) >= 11 is 0. The second-order valence-electron chi connectivity index (χ2n) is 4.85. The molecular formula is C14H16N4. The van der Waals surface area contributed by atoms with E-state index in [9.17, 15) is 0 Å². The average molecular weight is 240 g/mol. The van der Waals surface area contributed by atoms with Gasteiger partial charge in [-0.15, -0.1) is 0 Å². The molecule has 0 aromatic heterocycles. The molecule has 1 aliphatic rings. The number of likely N-dealkylation sites (tertiary alicyclic amines) is 1. The molecule has 0 radical (unpaired) electrons. The van der Waals surface area contributed by atoms with Gasteiger partial charge in [0, 0.05) is 24.3 Å². The first-order valence-corrected chi connectivity index (χ1v) is 6.05. The Morgan fingerprint density at radius 3 is 2.56 bits per heavy atom. The van der Waals surface area contributed by atoms with Crippen LogP contribution >= 0.6 is 0 Å². The maximum Gasteiger partial charge on any atom is 0.101 e. The molecule has 1 aromatic rings. The minimum absolute atomic E-state index is 0.407. The van der Waals surface area contributed by atoms with E-state index in [1.54, 1.807) is 12.1 Å². The number of nitriles is 2. The quantitative estimate of drug-likeness (QED) is 0.858. The van der Waals surface area contributed by atoms with E-state index in [-0.39, 0.29) is 0 Å². The third-order valence-corrected chi connectivity index (χ3v) is 3.52. The summed E-state index contributed by atoms with van der Waals surface area (Å²) in [5, 5.41) is 21.3. The number of nitrogens with one attached hydrogen (secondary N) is 1. The van der Waals surface area contributed by atoms with E-state index in [4.69, 9.17) is 10.5 Å². The molecule has 0 aliphatic carbocycles. The Morgan fingerprint density at radius 1 is 1.28 bits per heavy atom. The average Bonchev–Trinajstić information content (AvgIpc) is 2.68. The third kappa shape index (κ3) is 2.45. The maximum atomic E-state index is 8.98. The van der Waals surface area contributed by atoms with E-state index in [0.717, 1.165) is 18.7 Å². The van der Waals surface area contributed by atoms with Gasteiger partial charge in [-0.25, -0.2) is 0 Å². The first-order chi connectivity index (χ1) is 8.63. The van der Waals surface area contributed by atoms with Gasteiger partial charge in [0.2, 0.25) is 0 Å². The molecule has 1 heterocycles. The van der Waals surface area contributed by atoms with Crippen LogP contribution in [0.2, 0.25) is 0 Å². The van der Waals surface area contributed by atoms with Crippen molar-refractivity contribution in [3.63, 3.8) is 0 Å². The summed E-state index contributed by atoms with van der Waals surface area (Å²) in [6, 6.07) is 10.4. The molecule has 4 nitrogen and oxygen atoms in total. The van der Waals surface area contributed by atoms with Crippen molar-refractivity contribution >= 4 is 5.69 Å². The molecule has 92 valence electrons. The second kappa shape index (κ2) is 5.08. The highest BCUT2D eigenvalue weighted by atomic mass is 15.2. The number of benzene rings is 1. The van der Waals surface area contributed by atoms with Crippen molar-refractivity contribution in [2.45, 2.75) is 25.4 Å². The number of rotatable bonds is 2. The smallest absolute Gasteiger partial charge is 0.101 e. The van der Waals surface area contributed by atoms with Crippen molar-refractivity contribution in [3.05, 3.63) is 29.3 Å². The van der Waals surface area contributed by atoms with Crippen LogP contribution in [0.3, 0.4) is 0 Å². The molecule has 1 saturated heterocycles. The van der Waals surface area contributed by atoms with Crippen molar-refractivity contribution < 1.29 is 0 Å². The molecule has 4 heteroatoms. The van der Waals surface area contributed by atoms with Gasteiger partial charge in [0.05, 0.1) is 11.1 Å². The van der Waals surface area contributed by atoms with Gasteiger partial charge < -0.3 is 10.2 Å². The molecule has 1 fully saturated rings. The van der Waals surface area contributed by atoms with E-state index in [1.807, 2.05) is 12.1 Å². The molecule has 0 saturated carbocycles. The number of hydrogen-bond acceptors (Lipinski definition) is 4. The zero-order valence-corrected chi connectivity index (χ0v) is 10.6. The first kappa shape index (κ1) is 12.4. The van der Waals surface area contributed by atoms with Gasteiger partial charge in [-0.2, -0.15) is 10.5 Å². The lowest BCUT2D eigenvalue weighted by atomic mass is 10.1. The summed E-state index contributed by atoms with van der Waals surface area (Å²) < 4.78 is 0. The first-order valence-electron chi connectivity index (χ1n) is 6.05. The highest BCUT2D eigenvalue weighted by Crippen LogP contribution is 2.21. The van der Waals surface area contributed by atoms with Crippen molar-refractivity contribution in [2.24, 2.45) is 0 Å². The molecule has 1 aromatic carbocycles. The summed E-state index contributed by atoms with van der Waals surface area (Å²) in [4.78, 5) is 2.31. The van der Waals surface area contributed by atoms with Crippen LogP contribution in [0.25, 0.3) is 0 Å². The Bertz CT molecular complexity index is 514. The SMILES string of the molecule is CC1CC(Nc2ccc(C#N)c(C#N)c2)CN1C. The normalized spacial score (nSPS) is 23.3. The molecule has 2 unspecified atom stereocenters. The maximum absolute atomic E-state index is 8.98. The number of anilines is 1. The van der Waals surface area contributed by atoms with Crippen LogP contribution in [-0.4, -0.2) is 30.6 Å². The van der Waals surface area contributed by atoms with Crippen LogP contribution in [0.1, 0.15) is 24.5 Å². The Kier molecular flexibility index (Phi) is 3.50. The Labute approximate surface area is 107 Å². The zero-order valence-electron chi connectivity index (χ0n) is 10.6. The minimum Gasteiger partial charge on any atom is -0.381 e. The van der Waals surface area contributed by atoms with Gasteiger partial charge in [-0.1, -0.05) is 0 Å². The summed E-state index contributed by atoms with van der Waals surface area (Å²) in [5.74, 6) is 0. The summed E-state index contributed by atoms with van der Waals surface area (Å²) in [6.07, 6.45) is 1.10. The highest BCUT2D eigenvalue weighted by molar-refractivity contribution is 5.56. The Balaban J connectivity index is 2.12. The lowest BCUT2D eigenvalue weighted by Gasteiger charge is -2.14. The van der Waals surface area contributed by atoms with Crippen LogP contribution in [0.15, 0.2) is 18.2 Å². The van der Waals surface area contributed by atoms with E-state index >= 15 is 0 Å². The van der Waals surface area contributed by atoms with Crippen LogP contribution in [0.5, 0.6) is 0 Å². The largest absolute Gasteiger partial charge is 0.381 e. The van der Waals surface area contributed by atoms with Crippen molar-refractivity contribution in [2.75, 3.05) is 18.9 Å². The molecule has 0 spiro atoms. The third-order valence-electron chi connectivity index (χ3n) is 3.52. The predicted molar refractivity (Wildman–Crippen MR) is 70.0 cm³/mol. The summed E-state index contributed by atoms with van der Waals surface area (Å²) in [5.41, 5.74) is 1.78. The summed E-state index contributed by atoms with van der Waals surface area (Å²) in [7, 11) is 2.12. The van der Waals surface area contributed by atoms with E-state index in [2.05, 4.69) is 30.3 Å². The molecule has 1 N–H and O–H groups in total. The summed E-state index contributed by atoms with van der Waals surface area (Å²) in [6.45, 7) is 3.21. The van der Waals surface area contributed by atoms with E-state index in [1.165, 1.54) is 0 Å². The Hall–Kier alpha value is -2.04. The molecule has 0 amide bonds. The number of nitrogens with zero attached hydrogens (tertiary/aromatic N) is 3. The van der Waals surface area contributed by atoms with E-state index < -0.39 is 0 Å². The fourth-order valence-corrected chi connectivity index (χ4v) is 2.36. The minimum atomic E-state index is 0.407. The number of likely N-dealkylation sites (N-methyl/N-ethyl adjacent to an activating group) is 1. The van der Waals surface area contributed by atoms with Gasteiger partial charge in [0.1, 0.15) is 12.1 Å². The standard InChI is InChI=1S/C14H16N4/c1-10-5-14(9-18(10)2)17-13-4-3-11(7-15)12(6-13)8-16/h3-4,6,10,14,17H,5,9H2,1-2H3. The van der Waals surface area contributed by atoms with Crippen LogP contribution in [0, 0.1) is 22.7 Å². The van der Waals surface area contributed by atoms with Gasteiger partial charge in [0.25, 0.3) is 0 Å². The molecule has 1 aliphatic heterocycles. The lowest BCUT2D eigenvalue weighted by molar-refractivity contribution is 0.330. The number of hydrogen-bond donors (Lipinski definition) is 1. The molecule has 2 atom stereocenters. The second-order valence-corrected chi connectivity index (χ2v) is 4.85. The van der Waals surface area contributed by atoms with E-state index in [0.29, 0.717) is 23.2 Å². The van der Waals surface area contributed by atoms with Crippen LogP contribution in [-0.2, 0) is 0 Å². The van der Waals surface area contributed by atoms with Gasteiger partial charge >= 0.3 is 0 Å². The van der Waals surface area contributed by atoms with Crippen molar-refractivity contribution in [1.82, 2.24) is 4.90 Å². The molecule has 0 bridgehead atoms. The monoisotopic (exact) mass is 240 g/mol. The molecule has 18 heavy (non-hydrogen) atoms. The lowest BCUT2D eigenvalue weighted by Crippen LogP contribution is -2.24. The topological polar surface area (TPSA) is 62.9 Å². The van der Waals surface area contributed by atoms with Gasteiger partial charge in [0.15, 0.2) is 0 Å². The fourth-order valence-electron chi connectivity index (χ4n) is 2.36. The van der Waals surface area contributed by atoms with Gasteiger partial charge in [-0.05, 0) is 38.6 Å². The molecule has 2 rings (SSSR count). The van der Waals surface area contributed by atoms with Crippen LogP contribution in [0.4, 0.5) is 5.69 Å². The Morgan fingerprint density at radius 2 is 2.00 bits per heavy atom. The van der Waals surface area contributed by atoms with Gasteiger partial charge in [-0.3, -0.25) is 0 Å². The highest BCUT2D eigenvalue weighted by Gasteiger charge is 2.25. The zero-order chi connectivity index (χ0) is 13.1. The van der Waals surface area contributed by atoms with Crippen molar-refractivity contribution in [3.8, 4) is 12.1 Å².